The largest absolute Gasteiger partial charge is 0.443 e. The van der Waals surface area contributed by atoms with E-state index in [-0.39, 0.29) is 6.42 Å². The molecule has 0 fully saturated rings. The fourth-order valence-corrected chi connectivity index (χ4v) is 1.35. The summed E-state index contributed by atoms with van der Waals surface area (Å²) in [7, 11) is 0. The first kappa shape index (κ1) is 16.9. The smallest absolute Gasteiger partial charge is 0.440 e. The van der Waals surface area contributed by atoms with Crippen LogP contribution in [0.4, 0.5) is 4.79 Å². The molecule has 0 aliphatic rings. The fourth-order valence-electron chi connectivity index (χ4n) is 1.18. The summed E-state index contributed by atoms with van der Waals surface area (Å²) in [5.41, 5.74) is 3.64. The van der Waals surface area contributed by atoms with Crippen LogP contribution in [0.25, 0.3) is 0 Å². The van der Waals surface area contributed by atoms with Crippen LogP contribution in [0.3, 0.4) is 0 Å². The standard InChI is InChI=1S/C12H12Cl3NO4/c1-8-2-4-9(5-3-8)6-10(17)20-16-11(18)19-7-12(13,14)15/h2-5H,6-7H2,1H3,(H,16,18). The van der Waals surface area contributed by atoms with E-state index in [4.69, 9.17) is 34.8 Å². The number of hydrogen-bond donors (Lipinski definition) is 1. The quantitative estimate of drug-likeness (QED) is 0.678. The molecule has 0 aliphatic heterocycles. The van der Waals surface area contributed by atoms with Crippen molar-refractivity contribution < 1.29 is 19.2 Å². The SMILES string of the molecule is Cc1ccc(CC(=O)ONC(=O)OCC(Cl)(Cl)Cl)cc1. The Hall–Kier alpha value is -1.17. The third-order valence-corrected chi connectivity index (χ3v) is 2.41. The molecule has 0 atom stereocenters. The van der Waals surface area contributed by atoms with Crippen LogP contribution < -0.4 is 5.48 Å². The van der Waals surface area contributed by atoms with Crippen LogP contribution in [0.1, 0.15) is 11.1 Å². The summed E-state index contributed by atoms with van der Waals surface area (Å²) in [6, 6.07) is 7.31. The molecule has 1 amide bonds. The highest BCUT2D eigenvalue weighted by Crippen LogP contribution is 2.25. The van der Waals surface area contributed by atoms with Gasteiger partial charge in [-0.15, -0.1) is 5.48 Å². The van der Waals surface area contributed by atoms with Gasteiger partial charge in [0.15, 0.2) is 0 Å². The van der Waals surface area contributed by atoms with E-state index in [0.29, 0.717) is 0 Å². The van der Waals surface area contributed by atoms with Crippen LogP contribution in [0, 0.1) is 6.92 Å². The molecular weight excluding hydrogens is 328 g/mol. The second kappa shape index (κ2) is 7.57. The molecule has 0 bridgehead atoms. The van der Waals surface area contributed by atoms with E-state index in [1.54, 1.807) is 17.6 Å². The van der Waals surface area contributed by atoms with Gasteiger partial charge in [-0.2, -0.15) is 0 Å². The van der Waals surface area contributed by atoms with Crippen LogP contribution in [0.2, 0.25) is 0 Å². The first-order valence-corrected chi connectivity index (χ1v) is 6.64. The molecule has 1 aromatic rings. The molecule has 0 saturated heterocycles. The Morgan fingerprint density at radius 2 is 1.80 bits per heavy atom. The predicted octanol–water partition coefficient (Wildman–Crippen LogP) is 3.09. The summed E-state index contributed by atoms with van der Waals surface area (Å²) >= 11 is 16.1. The van der Waals surface area contributed by atoms with Gasteiger partial charge < -0.3 is 9.57 Å². The van der Waals surface area contributed by atoms with Crippen molar-refractivity contribution in [2.75, 3.05) is 6.61 Å². The summed E-state index contributed by atoms with van der Waals surface area (Å²) in [6.45, 7) is 1.48. The van der Waals surface area contributed by atoms with Gasteiger partial charge in [0.05, 0.1) is 6.42 Å². The Morgan fingerprint density at radius 1 is 1.20 bits per heavy atom. The van der Waals surface area contributed by atoms with Gasteiger partial charge in [-0.1, -0.05) is 64.6 Å². The highest BCUT2D eigenvalue weighted by Gasteiger charge is 2.22. The van der Waals surface area contributed by atoms with Crippen molar-refractivity contribution in [3.05, 3.63) is 35.4 Å². The van der Waals surface area contributed by atoms with Gasteiger partial charge >= 0.3 is 12.1 Å². The van der Waals surface area contributed by atoms with E-state index < -0.39 is 22.5 Å². The molecule has 0 heterocycles. The van der Waals surface area contributed by atoms with Gasteiger partial charge in [0.1, 0.15) is 6.61 Å². The van der Waals surface area contributed by atoms with E-state index in [2.05, 4.69) is 9.57 Å². The molecule has 0 saturated carbocycles. The lowest BCUT2D eigenvalue weighted by molar-refractivity contribution is -0.148. The zero-order chi connectivity index (χ0) is 15.2. The second-order valence-electron chi connectivity index (χ2n) is 3.93. The Morgan fingerprint density at radius 3 is 2.35 bits per heavy atom. The highest BCUT2D eigenvalue weighted by atomic mass is 35.6. The van der Waals surface area contributed by atoms with Crippen LogP contribution >= 0.6 is 34.8 Å². The number of benzene rings is 1. The molecule has 0 spiro atoms. The zero-order valence-corrected chi connectivity index (χ0v) is 12.8. The van der Waals surface area contributed by atoms with Crippen LogP contribution in [-0.4, -0.2) is 22.5 Å². The average molecular weight is 341 g/mol. The van der Waals surface area contributed by atoms with Gasteiger partial charge in [-0.25, -0.2) is 9.59 Å². The number of halogens is 3. The molecule has 8 heteroatoms. The van der Waals surface area contributed by atoms with Crippen molar-refractivity contribution in [3.8, 4) is 0 Å². The predicted molar refractivity (Wildman–Crippen MR) is 75.7 cm³/mol. The van der Waals surface area contributed by atoms with E-state index in [1.807, 2.05) is 19.1 Å². The van der Waals surface area contributed by atoms with Crippen LogP contribution in [0.15, 0.2) is 24.3 Å². The van der Waals surface area contributed by atoms with Crippen molar-refractivity contribution >= 4 is 46.9 Å². The van der Waals surface area contributed by atoms with Crippen LogP contribution in [0.5, 0.6) is 0 Å². The number of amides is 1. The summed E-state index contributed by atoms with van der Waals surface area (Å²) in [4.78, 5) is 27.0. The lowest BCUT2D eigenvalue weighted by atomic mass is 10.1. The van der Waals surface area contributed by atoms with E-state index in [1.165, 1.54) is 0 Å². The lowest BCUT2D eigenvalue weighted by Gasteiger charge is -2.11. The summed E-state index contributed by atoms with van der Waals surface area (Å²) in [5.74, 6) is -0.639. The minimum absolute atomic E-state index is 0.0189. The molecule has 1 aromatic carbocycles. The number of alkyl halides is 3. The van der Waals surface area contributed by atoms with Gasteiger partial charge in [0.2, 0.25) is 3.79 Å². The Labute approximate surface area is 131 Å². The molecule has 20 heavy (non-hydrogen) atoms. The Kier molecular flexibility index (Phi) is 6.39. The number of hydrogen-bond acceptors (Lipinski definition) is 4. The van der Waals surface area contributed by atoms with Crippen molar-refractivity contribution in [2.24, 2.45) is 0 Å². The third-order valence-electron chi connectivity index (χ3n) is 2.08. The second-order valence-corrected chi connectivity index (χ2v) is 6.45. The molecule has 110 valence electrons. The maximum absolute atomic E-state index is 11.4. The molecule has 0 aliphatic carbocycles. The maximum Gasteiger partial charge on any atom is 0.440 e. The topological polar surface area (TPSA) is 64.6 Å². The molecule has 5 nitrogen and oxygen atoms in total. The van der Waals surface area contributed by atoms with Crippen LogP contribution in [-0.2, 0) is 20.8 Å². The summed E-state index contributed by atoms with van der Waals surface area (Å²) in [6.07, 6.45) is -1.00. The van der Waals surface area contributed by atoms with Gasteiger partial charge in [-0.05, 0) is 12.5 Å². The Bertz CT molecular complexity index is 471. The number of carbonyl (C=O) groups is 2. The minimum Gasteiger partial charge on any atom is -0.443 e. The van der Waals surface area contributed by atoms with Gasteiger partial charge in [0, 0.05) is 0 Å². The van der Waals surface area contributed by atoms with Crippen molar-refractivity contribution in [1.29, 1.82) is 0 Å². The normalized spacial score (nSPS) is 10.8. The van der Waals surface area contributed by atoms with E-state index >= 15 is 0 Å². The average Bonchev–Trinajstić information content (AvgIpc) is 2.36. The number of carbonyl (C=O) groups excluding carboxylic acids is 2. The summed E-state index contributed by atoms with van der Waals surface area (Å²) in [5, 5.41) is 0. The molecule has 1 rings (SSSR count). The van der Waals surface area contributed by atoms with Gasteiger partial charge in [-0.3, -0.25) is 0 Å². The number of aryl methyl sites for hydroxylation is 1. The first-order valence-electron chi connectivity index (χ1n) is 5.51. The number of rotatable bonds is 3. The third kappa shape index (κ3) is 7.43. The van der Waals surface area contributed by atoms with E-state index in [9.17, 15) is 9.59 Å². The molecule has 1 N–H and O–H groups in total. The van der Waals surface area contributed by atoms with Crippen molar-refractivity contribution in [2.45, 2.75) is 17.1 Å². The van der Waals surface area contributed by atoms with Crippen molar-refractivity contribution in [1.82, 2.24) is 5.48 Å². The zero-order valence-electron chi connectivity index (χ0n) is 10.5. The number of hydroxylamine groups is 1. The maximum atomic E-state index is 11.4. The lowest BCUT2D eigenvalue weighted by Crippen LogP contribution is -2.30. The Balaban J connectivity index is 2.29. The van der Waals surface area contributed by atoms with E-state index in [0.717, 1.165) is 11.1 Å². The number of ether oxygens (including phenoxy) is 1. The van der Waals surface area contributed by atoms with Crippen molar-refractivity contribution in [3.63, 3.8) is 0 Å². The molecule has 0 unspecified atom stereocenters. The van der Waals surface area contributed by atoms with Gasteiger partial charge in [0.25, 0.3) is 0 Å². The molecule has 0 radical (unpaired) electrons. The minimum atomic E-state index is -1.72. The monoisotopic (exact) mass is 339 g/mol. The first-order chi connectivity index (χ1) is 9.26. The molecular formula is C12H12Cl3NO4. The highest BCUT2D eigenvalue weighted by molar-refractivity contribution is 6.67. The fraction of sp³-hybridized carbons (Fsp3) is 0.333. The number of nitrogens with one attached hydrogen (secondary N) is 1. The summed E-state index contributed by atoms with van der Waals surface area (Å²) < 4.78 is 2.78. The molecule has 0 aromatic heterocycles.